The summed E-state index contributed by atoms with van der Waals surface area (Å²) in [4.78, 5) is 11.6. The zero-order chi connectivity index (χ0) is 15.6. The van der Waals surface area contributed by atoms with Crippen LogP contribution >= 0.6 is 10.7 Å². The Morgan fingerprint density at radius 1 is 1.25 bits per heavy atom. The van der Waals surface area contributed by atoms with Crippen molar-refractivity contribution >= 4 is 25.8 Å². The number of hydrogen-bond donors (Lipinski definition) is 1. The van der Waals surface area contributed by atoms with E-state index in [2.05, 4.69) is 5.32 Å². The van der Waals surface area contributed by atoms with Crippen molar-refractivity contribution in [1.29, 1.82) is 0 Å². The Kier molecular flexibility index (Phi) is 5.05. The van der Waals surface area contributed by atoms with Crippen LogP contribution < -0.4 is 5.32 Å². The minimum absolute atomic E-state index is 0.0207. The van der Waals surface area contributed by atoms with Crippen molar-refractivity contribution < 1.29 is 17.9 Å². The van der Waals surface area contributed by atoms with E-state index in [1.807, 2.05) is 0 Å². The van der Waals surface area contributed by atoms with Crippen LogP contribution in [-0.2, 0) is 13.8 Å². The number of carbonyl (C=O) groups excluding carboxylic acids is 1. The van der Waals surface area contributed by atoms with Gasteiger partial charge < -0.3 is 10.1 Å². The van der Waals surface area contributed by atoms with E-state index in [0.29, 0.717) is 0 Å². The monoisotopic (exact) mass is 319 g/mol. The van der Waals surface area contributed by atoms with Crippen molar-refractivity contribution in [2.24, 2.45) is 0 Å². The molecular formula is C13H18ClNO4S. The molecule has 0 unspecified atom stereocenters. The molecule has 20 heavy (non-hydrogen) atoms. The van der Waals surface area contributed by atoms with Gasteiger partial charge in [-0.15, -0.1) is 0 Å². The molecule has 1 amide bonds. The van der Waals surface area contributed by atoms with Crippen LogP contribution in [0.3, 0.4) is 0 Å². The lowest BCUT2D eigenvalue weighted by atomic mass is 10.1. The first-order valence-corrected chi connectivity index (χ1v) is 8.34. The molecule has 0 aromatic heterocycles. The van der Waals surface area contributed by atoms with Crippen molar-refractivity contribution in [3.63, 3.8) is 0 Å². The molecule has 1 atom stereocenters. The Balaban J connectivity index is 2.74. The van der Waals surface area contributed by atoms with Gasteiger partial charge in [-0.05, 0) is 45.4 Å². The highest BCUT2D eigenvalue weighted by Crippen LogP contribution is 2.19. The number of carbonyl (C=O) groups is 1. The van der Waals surface area contributed by atoms with Gasteiger partial charge in [-0.25, -0.2) is 13.2 Å². The van der Waals surface area contributed by atoms with Crippen LogP contribution in [0.2, 0.25) is 0 Å². The van der Waals surface area contributed by atoms with Crippen molar-refractivity contribution in [2.75, 3.05) is 0 Å². The molecule has 0 aliphatic heterocycles. The van der Waals surface area contributed by atoms with Crippen molar-refractivity contribution in [2.45, 2.75) is 44.2 Å². The Bertz CT molecular complexity index is 575. The predicted octanol–water partition coefficient (Wildman–Crippen LogP) is 3.20. The summed E-state index contributed by atoms with van der Waals surface area (Å²) < 4.78 is 27.4. The summed E-state index contributed by atoms with van der Waals surface area (Å²) in [7, 11) is 1.50. The summed E-state index contributed by atoms with van der Waals surface area (Å²) in [6, 6.07) is 5.67. The number of rotatable bonds is 3. The largest absolute Gasteiger partial charge is 0.444 e. The average molecular weight is 320 g/mol. The fraction of sp³-hybridized carbons (Fsp3) is 0.462. The molecule has 1 aromatic carbocycles. The van der Waals surface area contributed by atoms with Crippen molar-refractivity contribution in [3.05, 3.63) is 29.8 Å². The molecule has 1 N–H and O–H groups in total. The van der Waals surface area contributed by atoms with Gasteiger partial charge >= 0.3 is 6.09 Å². The minimum Gasteiger partial charge on any atom is -0.444 e. The van der Waals surface area contributed by atoms with E-state index in [1.165, 1.54) is 12.1 Å². The summed E-state index contributed by atoms with van der Waals surface area (Å²) in [5.74, 6) is 0. The summed E-state index contributed by atoms with van der Waals surface area (Å²) in [5, 5.41) is 2.67. The highest BCUT2D eigenvalue weighted by Gasteiger charge is 2.18. The Morgan fingerprint density at radius 2 is 1.75 bits per heavy atom. The Hall–Kier alpha value is -1.27. The smallest absolute Gasteiger partial charge is 0.408 e. The SMILES string of the molecule is C[C@@H](NC(=O)OC(C)(C)C)c1ccc(S(=O)(=O)Cl)cc1. The number of amides is 1. The molecule has 0 fully saturated rings. The summed E-state index contributed by atoms with van der Waals surface area (Å²) in [5.41, 5.74) is 0.181. The fourth-order valence-corrected chi connectivity index (χ4v) is 2.26. The number of alkyl carbamates (subject to hydrolysis) is 1. The quantitative estimate of drug-likeness (QED) is 0.868. The van der Waals surface area contributed by atoms with Gasteiger partial charge in [-0.3, -0.25) is 0 Å². The molecule has 0 saturated heterocycles. The molecule has 1 rings (SSSR count). The van der Waals surface area contributed by atoms with E-state index in [9.17, 15) is 13.2 Å². The number of benzene rings is 1. The minimum atomic E-state index is -3.73. The second kappa shape index (κ2) is 6.01. The van der Waals surface area contributed by atoms with Gasteiger partial charge in [0.25, 0.3) is 9.05 Å². The van der Waals surface area contributed by atoms with Gasteiger partial charge in [-0.2, -0.15) is 0 Å². The van der Waals surface area contributed by atoms with Gasteiger partial charge in [0.1, 0.15) is 5.60 Å². The molecule has 7 heteroatoms. The molecule has 0 saturated carbocycles. The number of hydrogen-bond acceptors (Lipinski definition) is 4. The van der Waals surface area contributed by atoms with Crippen LogP contribution in [0.5, 0.6) is 0 Å². The molecule has 0 aliphatic carbocycles. The fourth-order valence-electron chi connectivity index (χ4n) is 1.49. The second-order valence-electron chi connectivity index (χ2n) is 5.37. The maximum Gasteiger partial charge on any atom is 0.408 e. The zero-order valence-corrected chi connectivity index (χ0v) is 13.4. The van der Waals surface area contributed by atoms with Crippen LogP contribution in [-0.4, -0.2) is 20.1 Å². The zero-order valence-electron chi connectivity index (χ0n) is 11.8. The Morgan fingerprint density at radius 3 is 2.15 bits per heavy atom. The first kappa shape index (κ1) is 16.8. The highest BCUT2D eigenvalue weighted by atomic mass is 35.7. The summed E-state index contributed by atoms with van der Waals surface area (Å²) in [6.45, 7) is 7.10. The first-order chi connectivity index (χ1) is 8.99. The molecule has 5 nitrogen and oxygen atoms in total. The van der Waals surface area contributed by atoms with Crippen LogP contribution in [0.4, 0.5) is 4.79 Å². The molecule has 112 valence electrons. The van der Waals surface area contributed by atoms with Gasteiger partial charge in [0.05, 0.1) is 10.9 Å². The normalized spacial score (nSPS) is 13.7. The summed E-state index contributed by atoms with van der Waals surface area (Å²) >= 11 is 0. The van der Waals surface area contributed by atoms with E-state index in [0.717, 1.165) is 5.56 Å². The van der Waals surface area contributed by atoms with Gasteiger partial charge in [0.15, 0.2) is 0 Å². The average Bonchev–Trinajstić information content (AvgIpc) is 2.25. The van der Waals surface area contributed by atoms with E-state index in [1.54, 1.807) is 39.8 Å². The van der Waals surface area contributed by atoms with E-state index >= 15 is 0 Å². The lowest BCUT2D eigenvalue weighted by Gasteiger charge is -2.22. The third kappa shape index (κ3) is 5.38. The highest BCUT2D eigenvalue weighted by molar-refractivity contribution is 8.13. The molecule has 0 heterocycles. The predicted molar refractivity (Wildman–Crippen MR) is 77.3 cm³/mol. The van der Waals surface area contributed by atoms with Crippen LogP contribution in [0.1, 0.15) is 39.3 Å². The maximum atomic E-state index is 11.6. The number of nitrogens with one attached hydrogen (secondary N) is 1. The third-order valence-corrected chi connectivity index (χ3v) is 3.76. The molecular weight excluding hydrogens is 302 g/mol. The second-order valence-corrected chi connectivity index (χ2v) is 7.94. The number of halogens is 1. The molecule has 0 aliphatic rings. The lowest BCUT2D eigenvalue weighted by molar-refractivity contribution is 0.0508. The molecule has 0 radical (unpaired) electrons. The van der Waals surface area contributed by atoms with Crippen LogP contribution in [0.15, 0.2) is 29.2 Å². The van der Waals surface area contributed by atoms with Crippen LogP contribution in [0, 0.1) is 0 Å². The van der Waals surface area contributed by atoms with E-state index in [-0.39, 0.29) is 10.9 Å². The van der Waals surface area contributed by atoms with E-state index < -0.39 is 20.7 Å². The standard InChI is InChI=1S/C13H18ClNO4S/c1-9(15-12(16)19-13(2,3)4)10-5-7-11(8-6-10)20(14,17)18/h5-9H,1-4H3,(H,15,16)/t9-/m1/s1. The molecule has 1 aromatic rings. The van der Waals surface area contributed by atoms with Crippen molar-refractivity contribution in [3.8, 4) is 0 Å². The lowest BCUT2D eigenvalue weighted by Crippen LogP contribution is -2.34. The van der Waals surface area contributed by atoms with E-state index in [4.69, 9.17) is 15.4 Å². The third-order valence-electron chi connectivity index (χ3n) is 2.39. The van der Waals surface area contributed by atoms with Crippen LogP contribution in [0.25, 0.3) is 0 Å². The first-order valence-electron chi connectivity index (χ1n) is 6.03. The molecule has 0 bridgehead atoms. The number of ether oxygens (including phenoxy) is 1. The van der Waals surface area contributed by atoms with Gasteiger partial charge in [0.2, 0.25) is 0 Å². The topological polar surface area (TPSA) is 72.5 Å². The molecule has 0 spiro atoms. The van der Waals surface area contributed by atoms with Gasteiger partial charge in [-0.1, -0.05) is 12.1 Å². The maximum absolute atomic E-state index is 11.6. The Labute approximate surface area is 123 Å². The summed E-state index contributed by atoms with van der Waals surface area (Å²) in [6.07, 6.45) is -0.529. The van der Waals surface area contributed by atoms with Gasteiger partial charge in [0, 0.05) is 10.7 Å². The van der Waals surface area contributed by atoms with Crippen molar-refractivity contribution in [1.82, 2.24) is 5.32 Å².